The lowest BCUT2D eigenvalue weighted by atomic mass is 10.1. The van der Waals surface area contributed by atoms with Crippen molar-refractivity contribution in [1.82, 2.24) is 30.2 Å². The summed E-state index contributed by atoms with van der Waals surface area (Å²) < 4.78 is 0.581. The Labute approximate surface area is 226 Å². The molecule has 9 nitrogen and oxygen atoms in total. The molecule has 1 aliphatic rings. The van der Waals surface area contributed by atoms with Crippen LogP contribution in [0.5, 0.6) is 0 Å². The van der Waals surface area contributed by atoms with Gasteiger partial charge in [-0.05, 0) is 52.7 Å². The number of nitrogens with zero attached hydrogens (tertiary/aromatic N) is 7. The van der Waals surface area contributed by atoms with Crippen LogP contribution in [0.2, 0.25) is 0 Å². The smallest absolute Gasteiger partial charge is 0.271 e. The van der Waals surface area contributed by atoms with Crippen molar-refractivity contribution in [3.8, 4) is 17.3 Å². The lowest BCUT2D eigenvalue weighted by Gasteiger charge is -2.32. The second-order valence-electron chi connectivity index (χ2n) is 9.63. The number of piperazine rings is 1. The summed E-state index contributed by atoms with van der Waals surface area (Å²) in [5, 5.41) is 10.8. The molecule has 3 aromatic rings. The van der Waals surface area contributed by atoms with Gasteiger partial charge >= 0.3 is 0 Å². The van der Waals surface area contributed by atoms with E-state index in [1.165, 1.54) is 11.8 Å². The molecule has 2 aromatic heterocycles. The van der Waals surface area contributed by atoms with Crippen molar-refractivity contribution in [1.29, 1.82) is 5.26 Å². The van der Waals surface area contributed by atoms with Crippen LogP contribution in [0.15, 0.2) is 53.3 Å². The minimum atomic E-state index is -0.312. The number of aromatic nitrogens is 3. The topological polar surface area (TPSA) is 101 Å². The number of carbonyl (C=O) groups is 1. The molecule has 0 aliphatic carbocycles. The molecule has 1 N–H and O–H groups in total. The Balaban J connectivity index is 1.47. The number of pyridine rings is 1. The molecule has 37 heavy (non-hydrogen) atoms. The van der Waals surface area contributed by atoms with Crippen molar-refractivity contribution in [2.75, 3.05) is 44.8 Å². The number of rotatable bonds is 8. The maximum Gasteiger partial charge on any atom is 0.271 e. The third-order valence-electron chi connectivity index (χ3n) is 6.12. The van der Waals surface area contributed by atoms with Crippen LogP contribution in [0.1, 0.15) is 35.6 Å². The van der Waals surface area contributed by atoms with Crippen molar-refractivity contribution in [2.45, 2.75) is 20.4 Å². The molecule has 0 spiro atoms. The Hall–Kier alpha value is -3.39. The van der Waals surface area contributed by atoms with Gasteiger partial charge in [-0.15, -0.1) is 0 Å². The van der Waals surface area contributed by atoms with Gasteiger partial charge in [-0.25, -0.2) is 4.98 Å². The van der Waals surface area contributed by atoms with Crippen molar-refractivity contribution in [2.24, 2.45) is 5.92 Å². The van der Waals surface area contributed by atoms with E-state index in [0.29, 0.717) is 22.4 Å². The molecule has 3 heterocycles. The van der Waals surface area contributed by atoms with E-state index in [-0.39, 0.29) is 17.6 Å². The van der Waals surface area contributed by atoms with Crippen LogP contribution >= 0.6 is 15.9 Å². The number of hydrogen-bond acceptors (Lipinski definition) is 8. The highest BCUT2D eigenvalue weighted by atomic mass is 79.9. The van der Waals surface area contributed by atoms with Crippen LogP contribution in [0.25, 0.3) is 11.3 Å². The number of hydrogen-bond donors (Lipinski definition) is 1. The first-order valence-corrected chi connectivity index (χ1v) is 13.1. The highest BCUT2D eigenvalue weighted by molar-refractivity contribution is 9.10. The minimum absolute atomic E-state index is 0.0297. The Morgan fingerprint density at radius 2 is 1.95 bits per heavy atom. The number of nitriles is 1. The third kappa shape index (κ3) is 7.10. The normalized spacial score (nSPS) is 14.4. The molecule has 1 aromatic carbocycles. The molecule has 0 bridgehead atoms. The third-order valence-corrected chi connectivity index (χ3v) is 6.68. The number of benzene rings is 1. The SMILES string of the molecule is CC(C)CN(NC(=O)c1ccc(-c2cccc(CN3CCN(C)CC3)c2)nc1)c1nc(C#N)ncc1Br. The van der Waals surface area contributed by atoms with Gasteiger partial charge in [0.15, 0.2) is 5.82 Å². The van der Waals surface area contributed by atoms with Gasteiger partial charge in [0.2, 0.25) is 5.82 Å². The van der Waals surface area contributed by atoms with Crippen molar-refractivity contribution in [3.63, 3.8) is 0 Å². The lowest BCUT2D eigenvalue weighted by molar-refractivity contribution is 0.0947. The summed E-state index contributed by atoms with van der Waals surface area (Å²) in [6, 6.07) is 14.0. The fourth-order valence-electron chi connectivity index (χ4n) is 4.13. The highest BCUT2D eigenvalue weighted by Crippen LogP contribution is 2.24. The molecule has 0 unspecified atom stereocenters. The van der Waals surface area contributed by atoms with Gasteiger partial charge in [-0.3, -0.25) is 25.1 Å². The Kier molecular flexibility index (Phi) is 8.82. The van der Waals surface area contributed by atoms with Gasteiger partial charge in [-0.1, -0.05) is 32.0 Å². The zero-order valence-corrected chi connectivity index (χ0v) is 22.9. The first kappa shape index (κ1) is 26.7. The van der Waals surface area contributed by atoms with Crippen molar-refractivity contribution >= 4 is 27.7 Å². The maximum absolute atomic E-state index is 13.1. The summed E-state index contributed by atoms with van der Waals surface area (Å²) in [6.07, 6.45) is 3.09. The van der Waals surface area contributed by atoms with Crippen LogP contribution < -0.4 is 10.4 Å². The average Bonchev–Trinajstić information content (AvgIpc) is 2.90. The number of anilines is 1. The van der Waals surface area contributed by atoms with Gasteiger partial charge in [-0.2, -0.15) is 10.2 Å². The molecule has 1 amide bonds. The number of carbonyl (C=O) groups excluding carboxylic acids is 1. The molecule has 192 valence electrons. The second kappa shape index (κ2) is 12.2. The van der Waals surface area contributed by atoms with Gasteiger partial charge < -0.3 is 4.90 Å². The number of likely N-dealkylation sites (N-methyl/N-ethyl adjacent to an activating group) is 1. The predicted molar refractivity (Wildman–Crippen MR) is 147 cm³/mol. The average molecular weight is 564 g/mol. The van der Waals surface area contributed by atoms with Crippen molar-refractivity contribution < 1.29 is 4.79 Å². The number of amides is 1. The van der Waals surface area contributed by atoms with Crippen molar-refractivity contribution in [3.05, 3.63) is 70.2 Å². The van der Waals surface area contributed by atoms with Gasteiger partial charge in [0.25, 0.3) is 5.91 Å². The zero-order chi connectivity index (χ0) is 26.4. The largest absolute Gasteiger partial charge is 0.304 e. The summed E-state index contributed by atoms with van der Waals surface area (Å²) in [5.41, 5.74) is 6.42. The molecule has 10 heteroatoms. The fourth-order valence-corrected chi connectivity index (χ4v) is 4.54. The maximum atomic E-state index is 13.1. The van der Waals surface area contributed by atoms with Gasteiger partial charge in [0.1, 0.15) is 6.07 Å². The van der Waals surface area contributed by atoms with Crippen LogP contribution in [-0.2, 0) is 6.54 Å². The lowest BCUT2D eigenvalue weighted by Crippen LogP contribution is -2.45. The molecular formula is C27H31BrN8O. The predicted octanol–water partition coefficient (Wildman–Crippen LogP) is 3.73. The van der Waals surface area contributed by atoms with Gasteiger partial charge in [0.05, 0.1) is 15.7 Å². The number of halogens is 1. The second-order valence-corrected chi connectivity index (χ2v) is 10.5. The van der Waals surface area contributed by atoms with E-state index >= 15 is 0 Å². The standard InChI is InChI=1S/C27H31BrN8O/c1-19(2)17-36(26-23(28)16-31-25(14-29)32-26)33-27(37)22-7-8-24(30-15-22)21-6-4-5-20(13-21)18-35-11-9-34(3)10-12-35/h4-8,13,15-16,19H,9-12,17-18H2,1-3H3,(H,33,37). The summed E-state index contributed by atoms with van der Waals surface area (Å²) in [6.45, 7) is 9.80. The first-order valence-electron chi connectivity index (χ1n) is 12.3. The summed E-state index contributed by atoms with van der Waals surface area (Å²) in [4.78, 5) is 30.7. The Morgan fingerprint density at radius 1 is 1.16 bits per heavy atom. The fraction of sp³-hybridized carbons (Fsp3) is 0.370. The molecule has 4 rings (SSSR count). The van der Waals surface area contributed by atoms with Gasteiger partial charge in [0, 0.05) is 57.2 Å². The number of hydrazine groups is 1. The summed E-state index contributed by atoms with van der Waals surface area (Å²) >= 11 is 3.43. The first-order chi connectivity index (χ1) is 17.8. The van der Waals surface area contributed by atoms with E-state index in [9.17, 15) is 10.1 Å². The summed E-state index contributed by atoms with van der Waals surface area (Å²) in [5.74, 6) is 0.372. The van der Waals surface area contributed by atoms with E-state index in [4.69, 9.17) is 0 Å². The van der Waals surface area contributed by atoms with E-state index in [0.717, 1.165) is 44.0 Å². The van der Waals surface area contributed by atoms with E-state index in [1.54, 1.807) is 17.3 Å². The van der Waals surface area contributed by atoms with Crippen LogP contribution in [-0.4, -0.2) is 70.4 Å². The molecule has 0 radical (unpaired) electrons. The van der Waals surface area contributed by atoms with Crippen LogP contribution in [0.3, 0.4) is 0 Å². The molecule has 1 fully saturated rings. The van der Waals surface area contributed by atoms with Crippen LogP contribution in [0, 0.1) is 17.2 Å². The molecule has 1 saturated heterocycles. The molecule has 0 atom stereocenters. The quantitative estimate of drug-likeness (QED) is 0.414. The zero-order valence-electron chi connectivity index (χ0n) is 21.4. The Morgan fingerprint density at radius 3 is 2.62 bits per heavy atom. The van der Waals surface area contributed by atoms with E-state index in [1.807, 2.05) is 32.0 Å². The Bertz CT molecular complexity index is 1270. The molecule has 0 saturated carbocycles. The van der Waals surface area contributed by atoms with Crippen LogP contribution in [0.4, 0.5) is 5.82 Å². The highest BCUT2D eigenvalue weighted by Gasteiger charge is 2.19. The van der Waals surface area contributed by atoms with E-state index < -0.39 is 0 Å². The molecular weight excluding hydrogens is 532 g/mol. The summed E-state index contributed by atoms with van der Waals surface area (Å²) in [7, 11) is 2.16. The monoisotopic (exact) mass is 562 g/mol. The van der Waals surface area contributed by atoms with E-state index in [2.05, 4.69) is 71.4 Å². The minimum Gasteiger partial charge on any atom is -0.304 e. The number of nitrogens with one attached hydrogen (secondary N) is 1. The molecule has 1 aliphatic heterocycles.